The maximum atomic E-state index is 10.5. The summed E-state index contributed by atoms with van der Waals surface area (Å²) in [5.41, 5.74) is -0.608. The summed E-state index contributed by atoms with van der Waals surface area (Å²) in [6.45, 7) is 0. The van der Waals surface area contributed by atoms with Crippen molar-refractivity contribution in [1.29, 1.82) is 0 Å². The third-order valence-corrected chi connectivity index (χ3v) is 2.55. The first kappa shape index (κ1) is 18.2. The minimum atomic E-state index is -4.69. The van der Waals surface area contributed by atoms with E-state index in [2.05, 4.69) is 0 Å². The molecule has 0 saturated heterocycles. The smallest absolute Gasteiger partial charge is 0.744 e. The van der Waals surface area contributed by atoms with Crippen molar-refractivity contribution in [2.75, 3.05) is 0 Å². The summed E-state index contributed by atoms with van der Waals surface area (Å²) < 4.78 is 31.5. The number of halogens is 1. The monoisotopic (exact) mass is 277 g/mol. The van der Waals surface area contributed by atoms with Crippen LogP contribution in [0.2, 0.25) is 5.02 Å². The Kier molecular flexibility index (Phi) is 7.37. The molecule has 10 heteroatoms. The van der Waals surface area contributed by atoms with E-state index in [1.54, 1.807) is 0 Å². The molecule has 0 aliphatic heterocycles. The third kappa shape index (κ3) is 4.34. The average molecular weight is 278 g/mol. The maximum absolute atomic E-state index is 10.5. The molecular weight excluding hydrogens is 273 g/mol. The molecule has 1 rings (SSSR count). The molecule has 0 amide bonds. The SMILES string of the molecule is O.O=[N+]([O-])c1cc(S(=O)(=O)[O-])ccc1Cl.[Na+]. The number of nitro benzene ring substituents is 1. The second-order valence-electron chi connectivity index (χ2n) is 2.32. The van der Waals surface area contributed by atoms with E-state index >= 15 is 0 Å². The van der Waals surface area contributed by atoms with Crippen LogP contribution >= 0.6 is 11.6 Å². The summed E-state index contributed by atoms with van der Waals surface area (Å²) in [6.07, 6.45) is 0. The molecule has 0 saturated carbocycles. The summed E-state index contributed by atoms with van der Waals surface area (Å²) in [5, 5.41) is 10.1. The number of nitrogens with zero attached hydrogens (tertiary/aromatic N) is 1. The molecule has 0 aromatic heterocycles. The summed E-state index contributed by atoms with van der Waals surface area (Å²) in [7, 11) is -4.69. The molecule has 0 aliphatic carbocycles. The summed E-state index contributed by atoms with van der Waals surface area (Å²) in [5.74, 6) is 0. The zero-order valence-corrected chi connectivity index (χ0v) is 11.6. The molecule has 1 aromatic rings. The number of hydrogen-bond acceptors (Lipinski definition) is 5. The topological polar surface area (TPSA) is 132 Å². The van der Waals surface area contributed by atoms with Gasteiger partial charge in [0.1, 0.15) is 15.1 Å². The Bertz CT molecular complexity index is 490. The van der Waals surface area contributed by atoms with Crippen molar-refractivity contribution in [3.8, 4) is 0 Å². The summed E-state index contributed by atoms with van der Waals surface area (Å²) in [4.78, 5) is 8.79. The minimum absolute atomic E-state index is 0. The van der Waals surface area contributed by atoms with Crippen molar-refractivity contribution in [3.05, 3.63) is 33.3 Å². The van der Waals surface area contributed by atoms with Crippen LogP contribution in [0.1, 0.15) is 0 Å². The second kappa shape index (κ2) is 6.50. The van der Waals surface area contributed by atoms with Gasteiger partial charge in [0, 0.05) is 6.07 Å². The standard InChI is InChI=1S/C6H4ClNO5S.Na.H2O/c7-5-2-1-4(14(11,12)13)3-6(5)8(9)10;;/h1-3H,(H,11,12,13);;1H2/q;+1;/p-1. The summed E-state index contributed by atoms with van der Waals surface area (Å²) >= 11 is 5.40. The van der Waals surface area contributed by atoms with E-state index in [1.807, 2.05) is 0 Å². The van der Waals surface area contributed by atoms with Crippen molar-refractivity contribution in [2.45, 2.75) is 4.90 Å². The van der Waals surface area contributed by atoms with Crippen molar-refractivity contribution in [1.82, 2.24) is 0 Å². The number of benzene rings is 1. The van der Waals surface area contributed by atoms with Crippen molar-refractivity contribution >= 4 is 27.4 Å². The van der Waals surface area contributed by atoms with Gasteiger partial charge in [-0.3, -0.25) is 10.1 Å². The largest absolute Gasteiger partial charge is 1.00 e. The minimum Gasteiger partial charge on any atom is -0.744 e. The van der Waals surface area contributed by atoms with Gasteiger partial charge in [0.05, 0.1) is 9.82 Å². The van der Waals surface area contributed by atoms with E-state index < -0.39 is 25.6 Å². The molecule has 0 aliphatic rings. The van der Waals surface area contributed by atoms with Gasteiger partial charge in [-0.25, -0.2) is 8.42 Å². The molecule has 0 radical (unpaired) electrons. The average Bonchev–Trinajstić information content (AvgIpc) is 2.02. The fraction of sp³-hybridized carbons (Fsp3) is 0. The predicted molar refractivity (Wildman–Crippen MR) is 49.7 cm³/mol. The Morgan fingerprint density at radius 2 is 1.81 bits per heavy atom. The molecule has 0 heterocycles. The molecular formula is C6H5ClNNaO6S. The maximum Gasteiger partial charge on any atom is 1.00 e. The molecule has 2 N–H and O–H groups in total. The fourth-order valence-corrected chi connectivity index (χ4v) is 1.47. The first-order valence-electron chi connectivity index (χ1n) is 3.22. The van der Waals surface area contributed by atoms with Crippen LogP contribution in [0.3, 0.4) is 0 Å². The third-order valence-electron chi connectivity index (χ3n) is 1.40. The zero-order chi connectivity index (χ0) is 10.9. The zero-order valence-electron chi connectivity index (χ0n) is 8.01. The Balaban J connectivity index is 0. The van der Waals surface area contributed by atoms with Crippen LogP contribution in [0.4, 0.5) is 5.69 Å². The predicted octanol–water partition coefficient (Wildman–Crippen LogP) is -2.67. The normalized spacial score (nSPS) is 9.88. The fourth-order valence-electron chi connectivity index (χ4n) is 0.788. The van der Waals surface area contributed by atoms with Crippen LogP contribution in [0.5, 0.6) is 0 Å². The van der Waals surface area contributed by atoms with Crippen LogP contribution in [0.25, 0.3) is 0 Å². The molecule has 0 unspecified atom stereocenters. The van der Waals surface area contributed by atoms with E-state index in [4.69, 9.17) is 11.6 Å². The van der Waals surface area contributed by atoms with Gasteiger partial charge in [-0.2, -0.15) is 0 Å². The van der Waals surface area contributed by atoms with Crippen LogP contribution in [-0.4, -0.2) is 23.4 Å². The van der Waals surface area contributed by atoms with Gasteiger partial charge in [-0.05, 0) is 12.1 Å². The second-order valence-corrected chi connectivity index (χ2v) is 4.11. The Morgan fingerprint density at radius 3 is 2.19 bits per heavy atom. The van der Waals surface area contributed by atoms with Gasteiger partial charge in [-0.15, -0.1) is 0 Å². The molecule has 16 heavy (non-hydrogen) atoms. The Labute approximate surface area is 118 Å². The summed E-state index contributed by atoms with van der Waals surface area (Å²) in [6, 6.07) is 2.53. The Morgan fingerprint density at radius 1 is 1.31 bits per heavy atom. The van der Waals surface area contributed by atoms with Gasteiger partial charge in [0.2, 0.25) is 0 Å². The van der Waals surface area contributed by atoms with Crippen LogP contribution in [0.15, 0.2) is 23.1 Å². The van der Waals surface area contributed by atoms with E-state index in [0.717, 1.165) is 12.1 Å². The molecule has 7 nitrogen and oxygen atoms in total. The van der Waals surface area contributed by atoms with E-state index in [0.29, 0.717) is 6.07 Å². The van der Waals surface area contributed by atoms with Crippen LogP contribution < -0.4 is 29.6 Å². The van der Waals surface area contributed by atoms with Gasteiger partial charge >= 0.3 is 29.6 Å². The van der Waals surface area contributed by atoms with Crippen LogP contribution in [-0.2, 0) is 10.1 Å². The van der Waals surface area contributed by atoms with Gasteiger partial charge < -0.3 is 10.0 Å². The van der Waals surface area contributed by atoms with E-state index in [9.17, 15) is 23.1 Å². The number of rotatable bonds is 2. The van der Waals surface area contributed by atoms with Gasteiger partial charge in [0.15, 0.2) is 0 Å². The molecule has 84 valence electrons. The first-order chi connectivity index (χ1) is 6.32. The molecule has 1 aromatic carbocycles. The van der Waals surface area contributed by atoms with E-state index in [-0.39, 0.29) is 40.1 Å². The number of nitro groups is 1. The van der Waals surface area contributed by atoms with Gasteiger partial charge in [-0.1, -0.05) is 11.6 Å². The van der Waals surface area contributed by atoms with Crippen molar-refractivity contribution < 1.29 is 52.9 Å². The van der Waals surface area contributed by atoms with Crippen molar-refractivity contribution in [3.63, 3.8) is 0 Å². The molecule has 0 bridgehead atoms. The van der Waals surface area contributed by atoms with Crippen LogP contribution in [0, 0.1) is 10.1 Å². The molecule has 0 atom stereocenters. The molecule has 0 fully saturated rings. The first-order valence-corrected chi connectivity index (χ1v) is 5.01. The quantitative estimate of drug-likeness (QED) is 0.252. The Hall–Kier alpha value is -0.220. The molecule has 0 spiro atoms. The van der Waals surface area contributed by atoms with Crippen molar-refractivity contribution in [2.24, 2.45) is 0 Å². The van der Waals surface area contributed by atoms with E-state index in [1.165, 1.54) is 0 Å². The van der Waals surface area contributed by atoms with Gasteiger partial charge in [0.25, 0.3) is 5.69 Å². The number of hydrogen-bond donors (Lipinski definition) is 0.